The smallest absolute Gasteiger partial charge is 0.390 e. The van der Waals surface area contributed by atoms with Crippen molar-refractivity contribution in [3.63, 3.8) is 0 Å². The Balaban J connectivity index is 2.27. The molecule has 0 saturated heterocycles. The molecule has 0 aliphatic carbocycles. The van der Waals surface area contributed by atoms with Crippen LogP contribution in [-0.2, 0) is 6.54 Å². The van der Waals surface area contributed by atoms with Gasteiger partial charge in [0.15, 0.2) is 0 Å². The van der Waals surface area contributed by atoms with Crippen molar-refractivity contribution >= 4 is 33.5 Å². The third-order valence-corrected chi connectivity index (χ3v) is 2.66. The number of hydrogen-bond donors (Lipinski definition) is 0. The summed E-state index contributed by atoms with van der Waals surface area (Å²) >= 11 is 8.82. The number of hydrogen-bond acceptors (Lipinski definition) is 5. The maximum absolute atomic E-state index is 10.5. The lowest BCUT2D eigenvalue weighted by molar-refractivity contribution is -0.394. The molecule has 2 aromatic rings. The van der Waals surface area contributed by atoms with E-state index in [0.717, 1.165) is 0 Å². The third-order valence-electron chi connectivity index (χ3n) is 1.86. The normalized spacial score (nSPS) is 10.5. The largest absolute Gasteiger partial charge is 0.492 e. The molecule has 0 amide bonds. The summed E-state index contributed by atoms with van der Waals surface area (Å²) < 4.78 is 1.60. The second kappa shape index (κ2) is 4.76. The zero-order valence-corrected chi connectivity index (χ0v) is 10.6. The third kappa shape index (κ3) is 2.77. The molecular weight excluding hydrogens is 313 g/mol. The van der Waals surface area contributed by atoms with E-state index in [-0.39, 0.29) is 11.3 Å². The molecule has 7 nitrogen and oxygen atoms in total. The summed E-state index contributed by atoms with van der Waals surface area (Å²) in [5.74, 6) is -0.459. The molecule has 2 heterocycles. The minimum absolute atomic E-state index is 0.252. The van der Waals surface area contributed by atoms with Crippen LogP contribution in [0.1, 0.15) is 5.69 Å². The molecule has 0 aliphatic rings. The van der Waals surface area contributed by atoms with Gasteiger partial charge in [-0.25, -0.2) is 4.98 Å². The van der Waals surface area contributed by atoms with E-state index in [2.05, 4.69) is 31.0 Å². The van der Waals surface area contributed by atoms with Gasteiger partial charge in [0.1, 0.15) is 11.7 Å². The quantitative estimate of drug-likeness (QED) is 0.491. The minimum Gasteiger partial charge on any atom is -0.390 e. The van der Waals surface area contributed by atoms with E-state index >= 15 is 0 Å². The summed E-state index contributed by atoms with van der Waals surface area (Å²) in [7, 11) is 0. The van der Waals surface area contributed by atoms with Crippen LogP contribution < -0.4 is 0 Å². The Morgan fingerprint density at radius 3 is 2.82 bits per heavy atom. The topological polar surface area (TPSA) is 86.7 Å². The summed E-state index contributed by atoms with van der Waals surface area (Å²) in [5, 5.41) is 14.5. The Bertz CT molecular complexity index is 573. The van der Waals surface area contributed by atoms with E-state index in [0.29, 0.717) is 10.8 Å². The van der Waals surface area contributed by atoms with Gasteiger partial charge < -0.3 is 10.1 Å². The molecule has 0 aliphatic heterocycles. The van der Waals surface area contributed by atoms with Gasteiger partial charge in [0.05, 0.1) is 5.69 Å². The molecule has 0 unspecified atom stereocenters. The monoisotopic (exact) mass is 317 g/mol. The fourth-order valence-corrected chi connectivity index (χ4v) is 1.73. The van der Waals surface area contributed by atoms with Crippen LogP contribution in [0.15, 0.2) is 22.9 Å². The van der Waals surface area contributed by atoms with Crippen molar-refractivity contribution in [3.05, 3.63) is 43.9 Å². The standard InChI is InChI=1S/C8H5BrClN5O2/c9-7-12-8(15(16)17)13-14(7)4-5-2-1-3-6(10)11-5/h1-3H,4H2. The molecule has 17 heavy (non-hydrogen) atoms. The average Bonchev–Trinajstić information content (AvgIpc) is 2.61. The average molecular weight is 319 g/mol. The Labute approximate surface area is 109 Å². The predicted octanol–water partition coefficient (Wildman–Crippen LogP) is 2.05. The van der Waals surface area contributed by atoms with Crippen molar-refractivity contribution in [2.24, 2.45) is 0 Å². The van der Waals surface area contributed by atoms with E-state index < -0.39 is 10.9 Å². The number of halogens is 2. The fourth-order valence-electron chi connectivity index (χ4n) is 1.18. The molecule has 2 rings (SSSR count). The van der Waals surface area contributed by atoms with E-state index in [1.807, 2.05) is 0 Å². The zero-order valence-electron chi connectivity index (χ0n) is 8.25. The lowest BCUT2D eigenvalue weighted by Gasteiger charge is -1.98. The summed E-state index contributed by atoms with van der Waals surface area (Å²) in [5.41, 5.74) is 0.637. The molecule has 9 heteroatoms. The maximum atomic E-state index is 10.5. The van der Waals surface area contributed by atoms with E-state index in [4.69, 9.17) is 11.6 Å². The first-order valence-electron chi connectivity index (χ1n) is 4.42. The van der Waals surface area contributed by atoms with Gasteiger partial charge in [-0.3, -0.25) is 0 Å². The molecule has 88 valence electrons. The number of rotatable bonds is 3. The summed E-state index contributed by atoms with van der Waals surface area (Å²) in [4.78, 5) is 17.5. The maximum Gasteiger partial charge on any atom is 0.492 e. The zero-order chi connectivity index (χ0) is 12.4. The Kier molecular flexibility index (Phi) is 3.34. The summed E-state index contributed by atoms with van der Waals surface area (Å²) in [6, 6.07) is 5.12. The molecule has 0 radical (unpaired) electrons. The highest BCUT2D eigenvalue weighted by atomic mass is 79.9. The molecular formula is C8H5BrClN5O2. The van der Waals surface area contributed by atoms with Gasteiger partial charge in [-0.1, -0.05) is 17.7 Å². The number of pyridine rings is 1. The van der Waals surface area contributed by atoms with Gasteiger partial charge in [-0.15, -0.1) is 0 Å². The van der Waals surface area contributed by atoms with Gasteiger partial charge in [0, 0.05) is 21.0 Å². The Hall–Kier alpha value is -1.54. The first-order valence-corrected chi connectivity index (χ1v) is 5.59. The predicted molar refractivity (Wildman–Crippen MR) is 62.7 cm³/mol. The molecule has 2 aromatic heterocycles. The van der Waals surface area contributed by atoms with Crippen molar-refractivity contribution in [2.75, 3.05) is 0 Å². The molecule has 0 bridgehead atoms. The van der Waals surface area contributed by atoms with E-state index in [1.165, 1.54) is 4.68 Å². The lowest BCUT2D eigenvalue weighted by Crippen LogP contribution is -2.04. The molecule has 0 fully saturated rings. The van der Waals surface area contributed by atoms with Crippen LogP contribution in [0.4, 0.5) is 5.95 Å². The summed E-state index contributed by atoms with van der Waals surface area (Å²) in [6.45, 7) is 0.252. The van der Waals surface area contributed by atoms with Crippen LogP contribution in [0.2, 0.25) is 5.15 Å². The minimum atomic E-state index is -0.660. The highest BCUT2D eigenvalue weighted by molar-refractivity contribution is 9.10. The van der Waals surface area contributed by atoms with Crippen LogP contribution in [0.3, 0.4) is 0 Å². The van der Waals surface area contributed by atoms with Gasteiger partial charge in [0.25, 0.3) is 4.73 Å². The van der Waals surface area contributed by atoms with Crippen LogP contribution in [-0.4, -0.2) is 24.7 Å². The first-order chi connectivity index (χ1) is 8.06. The van der Waals surface area contributed by atoms with E-state index in [1.54, 1.807) is 18.2 Å². The van der Waals surface area contributed by atoms with Gasteiger partial charge in [-0.05, 0) is 22.0 Å². The second-order valence-electron chi connectivity index (χ2n) is 3.05. The Morgan fingerprint density at radius 1 is 1.47 bits per heavy atom. The molecule has 0 atom stereocenters. The van der Waals surface area contributed by atoms with Crippen LogP contribution >= 0.6 is 27.5 Å². The van der Waals surface area contributed by atoms with Crippen LogP contribution in [0, 0.1) is 10.1 Å². The highest BCUT2D eigenvalue weighted by Gasteiger charge is 2.19. The number of aromatic nitrogens is 4. The summed E-state index contributed by atoms with van der Waals surface area (Å²) in [6.07, 6.45) is 0. The van der Waals surface area contributed by atoms with Crippen molar-refractivity contribution in [1.29, 1.82) is 0 Å². The van der Waals surface area contributed by atoms with Crippen LogP contribution in [0.5, 0.6) is 0 Å². The number of nitro groups is 1. The fraction of sp³-hybridized carbons (Fsp3) is 0.125. The SMILES string of the molecule is O=[N+]([O-])c1nc(Br)n(Cc2cccc(Cl)n2)n1. The van der Waals surface area contributed by atoms with Gasteiger partial charge >= 0.3 is 5.95 Å². The Morgan fingerprint density at radius 2 is 2.24 bits per heavy atom. The second-order valence-corrected chi connectivity index (χ2v) is 4.14. The lowest BCUT2D eigenvalue weighted by atomic mass is 10.3. The van der Waals surface area contributed by atoms with Crippen molar-refractivity contribution in [2.45, 2.75) is 6.54 Å². The number of nitrogens with zero attached hydrogens (tertiary/aromatic N) is 5. The molecule has 0 spiro atoms. The van der Waals surface area contributed by atoms with Crippen molar-refractivity contribution in [3.8, 4) is 0 Å². The first kappa shape index (κ1) is 11.9. The van der Waals surface area contributed by atoms with Gasteiger partial charge in [-0.2, -0.15) is 4.68 Å². The van der Waals surface area contributed by atoms with Crippen molar-refractivity contribution in [1.82, 2.24) is 19.7 Å². The molecule has 0 saturated carbocycles. The molecule has 0 aromatic carbocycles. The molecule has 0 N–H and O–H groups in total. The van der Waals surface area contributed by atoms with Gasteiger partial charge in [0.2, 0.25) is 0 Å². The van der Waals surface area contributed by atoms with Crippen LogP contribution in [0.25, 0.3) is 0 Å². The highest BCUT2D eigenvalue weighted by Crippen LogP contribution is 2.14. The van der Waals surface area contributed by atoms with E-state index in [9.17, 15) is 10.1 Å². The van der Waals surface area contributed by atoms with Crippen molar-refractivity contribution < 1.29 is 4.92 Å².